The van der Waals surface area contributed by atoms with Gasteiger partial charge in [-0.3, -0.25) is 0 Å². The number of rotatable bonds is 8. The van der Waals surface area contributed by atoms with Crippen LogP contribution in [0.2, 0.25) is 0 Å². The zero-order chi connectivity index (χ0) is 18.1. The standard InChI is InChI=1S/C17H17F3N2O2S/c18-14-11-12(7-8-15(14)24-16(19)20)22-17(23)21-9-4-10-25-13-5-2-1-3-6-13/h1-3,5-8,11,16H,4,9-10H2,(H2,21,22,23). The first-order valence-electron chi connectivity index (χ1n) is 7.51. The molecule has 25 heavy (non-hydrogen) atoms. The van der Waals surface area contributed by atoms with E-state index < -0.39 is 24.2 Å². The number of amides is 2. The van der Waals surface area contributed by atoms with Gasteiger partial charge in [-0.1, -0.05) is 18.2 Å². The number of benzene rings is 2. The Morgan fingerprint density at radius 3 is 2.60 bits per heavy atom. The molecule has 0 radical (unpaired) electrons. The number of alkyl halides is 2. The van der Waals surface area contributed by atoms with Crippen molar-refractivity contribution < 1.29 is 22.7 Å². The van der Waals surface area contributed by atoms with Gasteiger partial charge in [0.1, 0.15) is 0 Å². The maximum Gasteiger partial charge on any atom is 0.387 e. The number of anilines is 1. The zero-order valence-electron chi connectivity index (χ0n) is 13.2. The fraction of sp³-hybridized carbons (Fsp3) is 0.235. The minimum absolute atomic E-state index is 0.148. The fourth-order valence-electron chi connectivity index (χ4n) is 1.93. The lowest BCUT2D eigenvalue weighted by atomic mass is 10.3. The van der Waals surface area contributed by atoms with Gasteiger partial charge in [-0.05, 0) is 36.4 Å². The van der Waals surface area contributed by atoms with E-state index in [4.69, 9.17) is 0 Å². The van der Waals surface area contributed by atoms with Crippen molar-refractivity contribution in [2.24, 2.45) is 0 Å². The van der Waals surface area contributed by atoms with E-state index in [1.54, 1.807) is 11.8 Å². The Labute approximate surface area is 147 Å². The summed E-state index contributed by atoms with van der Waals surface area (Å²) in [4.78, 5) is 12.9. The molecule has 0 saturated carbocycles. The van der Waals surface area contributed by atoms with Crippen molar-refractivity contribution in [2.75, 3.05) is 17.6 Å². The molecule has 0 unspecified atom stereocenters. The number of carbonyl (C=O) groups is 1. The lowest BCUT2D eigenvalue weighted by molar-refractivity contribution is -0.0521. The molecule has 0 aliphatic heterocycles. The summed E-state index contributed by atoms with van der Waals surface area (Å²) >= 11 is 1.69. The lowest BCUT2D eigenvalue weighted by Gasteiger charge is -2.10. The highest BCUT2D eigenvalue weighted by atomic mass is 32.2. The Kier molecular flexibility index (Phi) is 7.46. The predicted molar refractivity (Wildman–Crippen MR) is 91.8 cm³/mol. The highest BCUT2D eigenvalue weighted by Crippen LogP contribution is 2.22. The van der Waals surface area contributed by atoms with Gasteiger partial charge < -0.3 is 15.4 Å². The SMILES string of the molecule is O=C(NCCCSc1ccccc1)Nc1ccc(OC(F)F)c(F)c1. The second kappa shape index (κ2) is 9.83. The molecule has 0 atom stereocenters. The van der Waals surface area contributed by atoms with Crippen LogP contribution in [0.5, 0.6) is 5.75 Å². The molecule has 2 aromatic rings. The maximum absolute atomic E-state index is 13.5. The van der Waals surface area contributed by atoms with E-state index in [1.807, 2.05) is 30.3 Å². The predicted octanol–water partition coefficient (Wildman–Crippen LogP) is 4.73. The Morgan fingerprint density at radius 2 is 1.92 bits per heavy atom. The van der Waals surface area contributed by atoms with E-state index in [-0.39, 0.29) is 5.69 Å². The van der Waals surface area contributed by atoms with Crippen LogP contribution in [0.25, 0.3) is 0 Å². The van der Waals surface area contributed by atoms with E-state index >= 15 is 0 Å². The van der Waals surface area contributed by atoms with Crippen LogP contribution < -0.4 is 15.4 Å². The van der Waals surface area contributed by atoms with Gasteiger partial charge in [0.25, 0.3) is 0 Å². The van der Waals surface area contributed by atoms with E-state index in [0.717, 1.165) is 29.2 Å². The molecule has 2 N–H and O–H groups in total. The van der Waals surface area contributed by atoms with Crippen molar-refractivity contribution >= 4 is 23.5 Å². The van der Waals surface area contributed by atoms with Crippen molar-refractivity contribution in [3.05, 3.63) is 54.3 Å². The highest BCUT2D eigenvalue weighted by Gasteiger charge is 2.11. The first-order chi connectivity index (χ1) is 12.0. The Bertz CT molecular complexity index is 687. The summed E-state index contributed by atoms with van der Waals surface area (Å²) in [6.45, 7) is -2.65. The molecule has 2 aromatic carbocycles. The number of carbonyl (C=O) groups excluding carboxylic acids is 1. The second-order valence-electron chi connectivity index (χ2n) is 4.92. The number of halogens is 3. The van der Waals surface area contributed by atoms with Crippen molar-refractivity contribution in [1.29, 1.82) is 0 Å². The molecule has 0 aliphatic carbocycles. The molecule has 2 rings (SSSR count). The summed E-state index contributed by atoms with van der Waals surface area (Å²) in [5, 5.41) is 5.08. The first-order valence-corrected chi connectivity index (χ1v) is 8.50. The number of urea groups is 1. The van der Waals surface area contributed by atoms with Crippen LogP contribution in [0, 0.1) is 5.82 Å². The largest absolute Gasteiger partial charge is 0.432 e. The van der Waals surface area contributed by atoms with Crippen LogP contribution in [-0.4, -0.2) is 24.9 Å². The van der Waals surface area contributed by atoms with Crippen LogP contribution in [0.3, 0.4) is 0 Å². The van der Waals surface area contributed by atoms with E-state index in [0.29, 0.717) is 6.54 Å². The average molecular weight is 370 g/mol. The van der Waals surface area contributed by atoms with Crippen molar-refractivity contribution in [3.8, 4) is 5.75 Å². The molecule has 0 saturated heterocycles. The molecule has 0 heterocycles. The third-order valence-corrected chi connectivity index (χ3v) is 4.12. The van der Waals surface area contributed by atoms with Crippen LogP contribution in [0.4, 0.5) is 23.7 Å². The Balaban J connectivity index is 1.68. The van der Waals surface area contributed by atoms with Crippen molar-refractivity contribution in [2.45, 2.75) is 17.9 Å². The van der Waals surface area contributed by atoms with Gasteiger partial charge in [-0.25, -0.2) is 9.18 Å². The van der Waals surface area contributed by atoms with Crippen LogP contribution in [-0.2, 0) is 0 Å². The summed E-state index contributed by atoms with van der Waals surface area (Å²) in [6, 6.07) is 12.6. The molecule has 0 aliphatic rings. The molecular weight excluding hydrogens is 353 g/mol. The molecule has 0 bridgehead atoms. The average Bonchev–Trinajstić information content (AvgIpc) is 2.58. The summed E-state index contributed by atoms with van der Waals surface area (Å²) in [5.41, 5.74) is 0.148. The molecule has 8 heteroatoms. The summed E-state index contributed by atoms with van der Waals surface area (Å²) in [6.07, 6.45) is 0.766. The third-order valence-electron chi connectivity index (χ3n) is 3.02. The smallest absolute Gasteiger partial charge is 0.387 e. The molecule has 134 valence electrons. The van der Waals surface area contributed by atoms with Gasteiger partial charge in [0.15, 0.2) is 11.6 Å². The third kappa shape index (κ3) is 6.96. The zero-order valence-corrected chi connectivity index (χ0v) is 14.0. The highest BCUT2D eigenvalue weighted by molar-refractivity contribution is 7.99. The molecule has 0 fully saturated rings. The minimum atomic E-state index is -3.11. The summed E-state index contributed by atoms with van der Waals surface area (Å²) in [7, 11) is 0. The van der Waals surface area contributed by atoms with E-state index in [9.17, 15) is 18.0 Å². The minimum Gasteiger partial charge on any atom is -0.432 e. The van der Waals surface area contributed by atoms with Crippen LogP contribution in [0.1, 0.15) is 6.42 Å². The summed E-state index contributed by atoms with van der Waals surface area (Å²) in [5.74, 6) is -0.699. The topological polar surface area (TPSA) is 50.4 Å². The molecule has 4 nitrogen and oxygen atoms in total. The lowest BCUT2D eigenvalue weighted by Crippen LogP contribution is -2.29. The number of ether oxygens (including phenoxy) is 1. The number of nitrogens with one attached hydrogen (secondary N) is 2. The molecule has 0 spiro atoms. The van der Waals surface area contributed by atoms with E-state index in [1.165, 1.54) is 6.07 Å². The fourth-order valence-corrected chi connectivity index (χ4v) is 2.80. The quantitative estimate of drug-likeness (QED) is 0.522. The van der Waals surface area contributed by atoms with Gasteiger partial charge in [-0.2, -0.15) is 8.78 Å². The maximum atomic E-state index is 13.5. The first kappa shape index (κ1) is 19.0. The van der Waals surface area contributed by atoms with Gasteiger partial charge in [0.2, 0.25) is 0 Å². The molecule has 2 amide bonds. The Hall–Kier alpha value is -2.35. The van der Waals surface area contributed by atoms with Crippen molar-refractivity contribution in [3.63, 3.8) is 0 Å². The van der Waals surface area contributed by atoms with Gasteiger partial charge in [-0.15, -0.1) is 11.8 Å². The number of hydrogen-bond acceptors (Lipinski definition) is 3. The van der Waals surface area contributed by atoms with Crippen molar-refractivity contribution in [1.82, 2.24) is 5.32 Å². The number of thioether (sulfide) groups is 1. The summed E-state index contributed by atoms with van der Waals surface area (Å²) < 4.78 is 41.6. The van der Waals surface area contributed by atoms with E-state index in [2.05, 4.69) is 15.4 Å². The molecule has 0 aromatic heterocycles. The van der Waals surface area contributed by atoms with Gasteiger partial charge in [0, 0.05) is 23.2 Å². The van der Waals surface area contributed by atoms with Gasteiger partial charge in [0.05, 0.1) is 0 Å². The van der Waals surface area contributed by atoms with Crippen LogP contribution in [0.15, 0.2) is 53.4 Å². The number of hydrogen-bond donors (Lipinski definition) is 2. The normalized spacial score (nSPS) is 10.6. The monoisotopic (exact) mass is 370 g/mol. The van der Waals surface area contributed by atoms with Crippen LogP contribution >= 0.6 is 11.8 Å². The Morgan fingerprint density at radius 1 is 1.16 bits per heavy atom. The van der Waals surface area contributed by atoms with Gasteiger partial charge >= 0.3 is 12.6 Å². The second-order valence-corrected chi connectivity index (χ2v) is 6.09. The molecular formula is C17H17F3N2O2S.